The van der Waals surface area contributed by atoms with Crippen molar-refractivity contribution >= 4 is 11.8 Å². The molecule has 0 radical (unpaired) electrons. The van der Waals surface area contributed by atoms with Gasteiger partial charge in [0.25, 0.3) is 0 Å². The SMILES string of the molecule is CCOC(=O)C1(O)CC2(C)C(=CC(O)C3C2CCC2(C)C(C(C)CCC(C)C(C)C)CCC32)C1=O. The zero-order chi connectivity index (χ0) is 25.9. The van der Waals surface area contributed by atoms with Gasteiger partial charge < -0.3 is 14.9 Å². The second-order valence-corrected chi connectivity index (χ2v) is 13.4. The van der Waals surface area contributed by atoms with Gasteiger partial charge in [-0.3, -0.25) is 4.79 Å². The van der Waals surface area contributed by atoms with Gasteiger partial charge in [-0.25, -0.2) is 4.79 Å². The van der Waals surface area contributed by atoms with Gasteiger partial charge in [-0.15, -0.1) is 0 Å². The maximum atomic E-state index is 13.3. The topological polar surface area (TPSA) is 83.8 Å². The van der Waals surface area contributed by atoms with Crippen molar-refractivity contribution in [3.8, 4) is 0 Å². The number of rotatable bonds is 7. The lowest BCUT2D eigenvalue weighted by molar-refractivity contribution is -0.169. The van der Waals surface area contributed by atoms with E-state index in [2.05, 4.69) is 34.6 Å². The minimum Gasteiger partial charge on any atom is -0.464 e. The van der Waals surface area contributed by atoms with Crippen LogP contribution in [0.4, 0.5) is 0 Å². The Balaban J connectivity index is 1.58. The molecule has 198 valence electrons. The van der Waals surface area contributed by atoms with Crippen LogP contribution in [-0.4, -0.2) is 40.3 Å². The largest absolute Gasteiger partial charge is 0.464 e. The number of ether oxygens (including phenoxy) is 1. The molecule has 2 N–H and O–H groups in total. The molecule has 35 heavy (non-hydrogen) atoms. The average molecular weight is 489 g/mol. The molecule has 3 fully saturated rings. The molecule has 0 amide bonds. The number of ketones is 1. The zero-order valence-electron chi connectivity index (χ0n) is 23.0. The van der Waals surface area contributed by atoms with Crippen LogP contribution in [-0.2, 0) is 14.3 Å². The van der Waals surface area contributed by atoms with Crippen LogP contribution in [0, 0.1) is 52.3 Å². The number of aliphatic hydroxyl groups is 2. The second-order valence-electron chi connectivity index (χ2n) is 13.4. The van der Waals surface area contributed by atoms with Crippen LogP contribution in [0.2, 0.25) is 0 Å². The Kier molecular flexibility index (Phi) is 7.12. The lowest BCUT2D eigenvalue weighted by Crippen LogP contribution is -2.53. The monoisotopic (exact) mass is 488 g/mol. The van der Waals surface area contributed by atoms with Crippen molar-refractivity contribution < 1.29 is 24.5 Å². The molecule has 0 bridgehead atoms. The predicted molar refractivity (Wildman–Crippen MR) is 136 cm³/mol. The van der Waals surface area contributed by atoms with E-state index in [0.29, 0.717) is 29.2 Å². The molecule has 0 aromatic heterocycles. The molecule has 10 atom stereocenters. The van der Waals surface area contributed by atoms with Crippen molar-refractivity contribution in [2.75, 3.05) is 6.61 Å². The first kappa shape index (κ1) is 26.9. The summed E-state index contributed by atoms with van der Waals surface area (Å²) in [7, 11) is 0. The number of esters is 1. The molecule has 0 aromatic carbocycles. The van der Waals surface area contributed by atoms with E-state index in [1.165, 1.54) is 19.3 Å². The summed E-state index contributed by atoms with van der Waals surface area (Å²) in [6.45, 7) is 15.7. The Morgan fingerprint density at radius 2 is 1.80 bits per heavy atom. The number of hydrogen-bond acceptors (Lipinski definition) is 5. The first-order valence-corrected chi connectivity index (χ1v) is 14.2. The molecule has 0 heterocycles. The molecule has 5 nitrogen and oxygen atoms in total. The highest BCUT2D eigenvalue weighted by atomic mass is 16.5. The summed E-state index contributed by atoms with van der Waals surface area (Å²) < 4.78 is 5.09. The minimum absolute atomic E-state index is 0.0617. The Labute approximate surface area is 212 Å². The Hall–Kier alpha value is -1.20. The number of carbonyl (C=O) groups excluding carboxylic acids is 2. The van der Waals surface area contributed by atoms with Gasteiger partial charge >= 0.3 is 5.97 Å². The number of carbonyl (C=O) groups is 2. The van der Waals surface area contributed by atoms with Gasteiger partial charge in [-0.2, -0.15) is 0 Å². The third-order valence-electron chi connectivity index (χ3n) is 11.3. The molecule has 0 spiro atoms. The van der Waals surface area contributed by atoms with E-state index >= 15 is 0 Å². The van der Waals surface area contributed by atoms with Gasteiger partial charge in [0.15, 0.2) is 0 Å². The van der Waals surface area contributed by atoms with Crippen molar-refractivity contribution in [3.63, 3.8) is 0 Å². The fourth-order valence-electron chi connectivity index (χ4n) is 8.93. The van der Waals surface area contributed by atoms with Crippen LogP contribution >= 0.6 is 0 Å². The van der Waals surface area contributed by atoms with Gasteiger partial charge in [0.05, 0.1) is 12.7 Å². The lowest BCUT2D eigenvalue weighted by Gasteiger charge is -2.56. The third-order valence-corrected chi connectivity index (χ3v) is 11.3. The van der Waals surface area contributed by atoms with Crippen molar-refractivity contribution in [1.82, 2.24) is 0 Å². The van der Waals surface area contributed by atoms with E-state index in [1.807, 2.05) is 6.92 Å². The smallest absolute Gasteiger partial charge is 0.346 e. The van der Waals surface area contributed by atoms with Crippen LogP contribution in [0.1, 0.15) is 93.4 Å². The summed E-state index contributed by atoms with van der Waals surface area (Å²) >= 11 is 0. The predicted octanol–water partition coefficient (Wildman–Crippen LogP) is 5.33. The number of fused-ring (bicyclic) bond motifs is 5. The minimum atomic E-state index is -2.13. The average Bonchev–Trinajstić information content (AvgIpc) is 3.24. The van der Waals surface area contributed by atoms with Gasteiger partial charge in [0.2, 0.25) is 11.4 Å². The van der Waals surface area contributed by atoms with E-state index in [4.69, 9.17) is 4.74 Å². The number of Topliss-reactive ketones (excluding diaryl/α,β-unsaturated/α-hetero) is 1. The Bertz CT molecular complexity index is 878. The van der Waals surface area contributed by atoms with Crippen LogP contribution in [0.5, 0.6) is 0 Å². The van der Waals surface area contributed by atoms with Crippen LogP contribution in [0.25, 0.3) is 0 Å². The van der Waals surface area contributed by atoms with E-state index in [9.17, 15) is 19.8 Å². The molecule has 4 rings (SSSR count). The molecule has 0 aliphatic heterocycles. The summed E-state index contributed by atoms with van der Waals surface area (Å²) in [6.07, 6.45) is 7.87. The maximum absolute atomic E-state index is 13.3. The number of hydrogen-bond donors (Lipinski definition) is 2. The van der Waals surface area contributed by atoms with E-state index in [1.54, 1.807) is 13.0 Å². The summed E-state index contributed by atoms with van der Waals surface area (Å²) in [4.78, 5) is 25.9. The van der Waals surface area contributed by atoms with Crippen LogP contribution < -0.4 is 0 Å². The number of aliphatic hydroxyl groups excluding tert-OH is 1. The Morgan fingerprint density at radius 3 is 2.43 bits per heavy atom. The molecule has 0 saturated heterocycles. The summed E-state index contributed by atoms with van der Waals surface area (Å²) in [5, 5.41) is 22.6. The molecular formula is C30H48O5. The zero-order valence-corrected chi connectivity index (χ0v) is 23.0. The van der Waals surface area contributed by atoms with E-state index in [-0.39, 0.29) is 30.3 Å². The second kappa shape index (κ2) is 9.28. The molecule has 0 aromatic rings. The first-order chi connectivity index (χ1) is 16.3. The van der Waals surface area contributed by atoms with Gasteiger partial charge in [0, 0.05) is 17.4 Å². The van der Waals surface area contributed by atoms with Gasteiger partial charge in [0.1, 0.15) is 0 Å². The normalized spacial score (nSPS) is 44.3. The van der Waals surface area contributed by atoms with Crippen molar-refractivity contribution in [2.24, 2.45) is 52.3 Å². The summed E-state index contributed by atoms with van der Waals surface area (Å²) in [5.74, 6) is 1.88. The fraction of sp³-hybridized carbons (Fsp3) is 0.867. The molecule has 4 aliphatic rings. The van der Waals surface area contributed by atoms with E-state index < -0.39 is 28.9 Å². The standard InChI is InChI=1S/C30H48O5/c1-8-35-27(33)30(34)16-29(7)22-13-14-28(6)20(19(5)10-9-18(4)17(2)3)11-12-21(28)25(22)24(31)15-23(29)26(30)32/h15,17-22,24-25,31,34H,8-14,16H2,1-7H3. The lowest BCUT2D eigenvalue weighted by atomic mass is 9.48. The Morgan fingerprint density at radius 1 is 1.11 bits per heavy atom. The third kappa shape index (κ3) is 4.04. The van der Waals surface area contributed by atoms with Crippen molar-refractivity contribution in [2.45, 2.75) is 105 Å². The van der Waals surface area contributed by atoms with Crippen molar-refractivity contribution in [1.29, 1.82) is 0 Å². The first-order valence-electron chi connectivity index (χ1n) is 14.2. The maximum Gasteiger partial charge on any atom is 0.346 e. The van der Waals surface area contributed by atoms with Crippen LogP contribution in [0.15, 0.2) is 11.6 Å². The van der Waals surface area contributed by atoms with Crippen molar-refractivity contribution in [3.05, 3.63) is 11.6 Å². The quantitative estimate of drug-likeness (QED) is 0.374. The van der Waals surface area contributed by atoms with E-state index in [0.717, 1.165) is 25.2 Å². The molecule has 10 unspecified atom stereocenters. The summed E-state index contributed by atoms with van der Waals surface area (Å²) in [5.41, 5.74) is -2.12. The van der Waals surface area contributed by atoms with Gasteiger partial charge in [-0.1, -0.05) is 54.4 Å². The summed E-state index contributed by atoms with van der Waals surface area (Å²) in [6, 6.07) is 0. The fourth-order valence-corrected chi connectivity index (χ4v) is 8.93. The highest BCUT2D eigenvalue weighted by Gasteiger charge is 2.68. The van der Waals surface area contributed by atoms with Gasteiger partial charge in [-0.05, 0) is 85.5 Å². The molecular weight excluding hydrogens is 440 g/mol. The molecule has 5 heteroatoms. The highest BCUT2D eigenvalue weighted by Crippen LogP contribution is 2.68. The molecule has 4 aliphatic carbocycles. The molecule has 3 saturated carbocycles. The van der Waals surface area contributed by atoms with Crippen LogP contribution in [0.3, 0.4) is 0 Å². The highest BCUT2D eigenvalue weighted by molar-refractivity contribution is 6.18.